The highest BCUT2D eigenvalue weighted by atomic mass is 28.4. The van der Waals surface area contributed by atoms with Crippen molar-refractivity contribution >= 4 is 8.80 Å². The van der Waals surface area contributed by atoms with Crippen molar-refractivity contribution < 1.29 is 13.3 Å². The molecule has 0 bridgehead atoms. The molecule has 0 radical (unpaired) electrons. The van der Waals surface area contributed by atoms with Crippen molar-refractivity contribution in [2.75, 3.05) is 14.2 Å². The first-order valence-electron chi connectivity index (χ1n) is 5.58. The van der Waals surface area contributed by atoms with Crippen molar-refractivity contribution in [3.8, 4) is 0 Å². The van der Waals surface area contributed by atoms with Crippen LogP contribution in [0.1, 0.15) is 33.1 Å². The molecule has 0 aliphatic rings. The Hall–Kier alpha value is -0.163. The normalized spacial score (nSPS) is 13.9. The lowest BCUT2D eigenvalue weighted by Gasteiger charge is -2.29. The van der Waals surface area contributed by atoms with Crippen LogP contribution in [0.4, 0.5) is 0 Å². The second-order valence-electron chi connectivity index (χ2n) is 3.52. The second kappa shape index (κ2) is 8.04. The minimum absolute atomic E-state index is 0.0492. The lowest BCUT2D eigenvalue weighted by atomic mass is 10.2. The summed E-state index contributed by atoms with van der Waals surface area (Å²) in [6, 6.07) is 0.855. The summed E-state index contributed by atoms with van der Waals surface area (Å²) in [5, 5.41) is 0. The third kappa shape index (κ3) is 4.93. The third-order valence-corrected chi connectivity index (χ3v) is 5.36. The fraction of sp³-hybridized carbons (Fsp3) is 0.818. The van der Waals surface area contributed by atoms with Crippen molar-refractivity contribution in [3.63, 3.8) is 0 Å². The molecule has 0 aromatic heterocycles. The van der Waals surface area contributed by atoms with Gasteiger partial charge in [-0.1, -0.05) is 32.8 Å². The summed E-state index contributed by atoms with van der Waals surface area (Å²) in [6.45, 7) is 8.01. The summed E-state index contributed by atoms with van der Waals surface area (Å²) in [5.74, 6) is 0. The Kier molecular flexibility index (Phi) is 7.96. The fourth-order valence-corrected chi connectivity index (χ4v) is 3.66. The van der Waals surface area contributed by atoms with Gasteiger partial charge in [-0.25, -0.2) is 0 Å². The Morgan fingerprint density at radius 2 is 1.80 bits per heavy atom. The van der Waals surface area contributed by atoms with E-state index in [9.17, 15) is 0 Å². The van der Waals surface area contributed by atoms with Gasteiger partial charge >= 0.3 is 8.80 Å². The molecular weight excluding hydrogens is 208 g/mol. The first-order chi connectivity index (χ1) is 7.17. The maximum Gasteiger partial charge on any atom is 0.500 e. The Morgan fingerprint density at radius 3 is 2.13 bits per heavy atom. The van der Waals surface area contributed by atoms with E-state index in [1.807, 2.05) is 6.08 Å². The van der Waals surface area contributed by atoms with Gasteiger partial charge in [-0.2, -0.15) is 0 Å². The molecule has 0 rings (SSSR count). The van der Waals surface area contributed by atoms with Crippen LogP contribution in [0.2, 0.25) is 6.04 Å². The molecule has 0 aliphatic heterocycles. The van der Waals surface area contributed by atoms with E-state index in [4.69, 9.17) is 13.3 Å². The molecule has 3 nitrogen and oxygen atoms in total. The molecule has 15 heavy (non-hydrogen) atoms. The zero-order valence-electron chi connectivity index (χ0n) is 10.4. The standard InChI is InChI=1S/C11H24O3Si/c1-6-9-11(8-3)14-15(12-4,13-5)10-7-2/h8,11H,3,6-7,9-10H2,1-2,4-5H3. The van der Waals surface area contributed by atoms with Gasteiger partial charge in [0.2, 0.25) is 0 Å². The molecule has 90 valence electrons. The Balaban J connectivity index is 4.40. The summed E-state index contributed by atoms with van der Waals surface area (Å²) < 4.78 is 16.8. The fourth-order valence-electron chi connectivity index (χ4n) is 1.49. The van der Waals surface area contributed by atoms with Crippen LogP contribution in [0, 0.1) is 0 Å². The molecule has 0 N–H and O–H groups in total. The van der Waals surface area contributed by atoms with E-state index in [1.165, 1.54) is 0 Å². The van der Waals surface area contributed by atoms with Gasteiger partial charge in [-0.3, -0.25) is 0 Å². The SMILES string of the molecule is C=CC(CCC)O[Si](CCC)(OC)OC. The minimum atomic E-state index is -2.44. The average Bonchev–Trinajstić information content (AvgIpc) is 2.27. The third-order valence-electron chi connectivity index (χ3n) is 2.35. The molecule has 0 aliphatic carbocycles. The smallest absolute Gasteiger partial charge is 0.377 e. The molecule has 1 unspecified atom stereocenters. The number of hydrogen-bond donors (Lipinski definition) is 0. The molecule has 0 amide bonds. The van der Waals surface area contributed by atoms with Gasteiger partial charge in [-0.15, -0.1) is 6.58 Å². The van der Waals surface area contributed by atoms with Crippen LogP contribution >= 0.6 is 0 Å². The van der Waals surface area contributed by atoms with Crippen LogP contribution in [-0.4, -0.2) is 29.1 Å². The molecule has 0 spiro atoms. The van der Waals surface area contributed by atoms with Crippen molar-refractivity contribution in [1.82, 2.24) is 0 Å². The highest BCUT2D eigenvalue weighted by Gasteiger charge is 2.39. The lowest BCUT2D eigenvalue weighted by molar-refractivity contribution is 0.0700. The highest BCUT2D eigenvalue weighted by Crippen LogP contribution is 2.20. The molecule has 4 heteroatoms. The van der Waals surface area contributed by atoms with Gasteiger partial charge in [-0.05, 0) is 6.42 Å². The summed E-state index contributed by atoms with van der Waals surface area (Å²) in [7, 11) is 0.892. The molecule has 0 aromatic rings. The number of hydrogen-bond acceptors (Lipinski definition) is 3. The van der Waals surface area contributed by atoms with Crippen molar-refractivity contribution in [2.24, 2.45) is 0 Å². The summed E-state index contributed by atoms with van der Waals surface area (Å²) in [6.07, 6.45) is 4.92. The molecule has 0 saturated heterocycles. The van der Waals surface area contributed by atoms with Gasteiger partial charge in [0, 0.05) is 20.3 Å². The van der Waals surface area contributed by atoms with E-state index in [-0.39, 0.29) is 6.10 Å². The first-order valence-corrected chi connectivity index (χ1v) is 7.51. The molecule has 0 aromatic carbocycles. The van der Waals surface area contributed by atoms with Crippen LogP contribution < -0.4 is 0 Å². The maximum absolute atomic E-state index is 5.94. The van der Waals surface area contributed by atoms with E-state index >= 15 is 0 Å². The van der Waals surface area contributed by atoms with E-state index in [1.54, 1.807) is 14.2 Å². The average molecular weight is 232 g/mol. The van der Waals surface area contributed by atoms with E-state index in [2.05, 4.69) is 20.4 Å². The first kappa shape index (κ1) is 14.8. The Bertz CT molecular complexity index is 169. The zero-order valence-corrected chi connectivity index (χ0v) is 11.4. The van der Waals surface area contributed by atoms with E-state index < -0.39 is 8.80 Å². The van der Waals surface area contributed by atoms with Crippen LogP contribution in [0.5, 0.6) is 0 Å². The quantitative estimate of drug-likeness (QED) is 0.452. The highest BCUT2D eigenvalue weighted by molar-refractivity contribution is 6.60. The van der Waals surface area contributed by atoms with Crippen LogP contribution in [-0.2, 0) is 13.3 Å². The largest absolute Gasteiger partial charge is 0.500 e. The van der Waals surface area contributed by atoms with Crippen LogP contribution in [0.3, 0.4) is 0 Å². The van der Waals surface area contributed by atoms with Gasteiger partial charge in [0.05, 0.1) is 6.10 Å². The topological polar surface area (TPSA) is 27.7 Å². The van der Waals surface area contributed by atoms with Crippen LogP contribution in [0.25, 0.3) is 0 Å². The van der Waals surface area contributed by atoms with Crippen molar-refractivity contribution in [1.29, 1.82) is 0 Å². The maximum atomic E-state index is 5.94. The Labute approximate surface area is 94.8 Å². The second-order valence-corrected chi connectivity index (χ2v) is 6.44. The lowest BCUT2D eigenvalue weighted by Crippen LogP contribution is -2.46. The molecule has 1 atom stereocenters. The van der Waals surface area contributed by atoms with Gasteiger partial charge < -0.3 is 13.3 Å². The zero-order chi connectivity index (χ0) is 11.7. The van der Waals surface area contributed by atoms with Crippen molar-refractivity contribution in [3.05, 3.63) is 12.7 Å². The molecular formula is C11H24O3Si. The summed E-state index contributed by atoms with van der Waals surface area (Å²) in [5.41, 5.74) is 0. The van der Waals surface area contributed by atoms with Crippen molar-refractivity contribution in [2.45, 2.75) is 45.3 Å². The van der Waals surface area contributed by atoms with Crippen LogP contribution in [0.15, 0.2) is 12.7 Å². The van der Waals surface area contributed by atoms with Gasteiger partial charge in [0.25, 0.3) is 0 Å². The van der Waals surface area contributed by atoms with E-state index in [0.717, 1.165) is 25.3 Å². The minimum Gasteiger partial charge on any atom is -0.377 e. The van der Waals surface area contributed by atoms with Gasteiger partial charge in [0.15, 0.2) is 0 Å². The van der Waals surface area contributed by atoms with Gasteiger partial charge in [0.1, 0.15) is 0 Å². The monoisotopic (exact) mass is 232 g/mol. The summed E-state index contributed by atoms with van der Waals surface area (Å²) in [4.78, 5) is 0. The predicted octanol–water partition coefficient (Wildman–Crippen LogP) is 3.00. The molecule has 0 saturated carbocycles. The predicted molar refractivity (Wildman–Crippen MR) is 64.8 cm³/mol. The molecule has 0 fully saturated rings. The Morgan fingerprint density at radius 1 is 1.20 bits per heavy atom. The summed E-state index contributed by atoms with van der Waals surface area (Å²) >= 11 is 0. The number of rotatable bonds is 9. The van der Waals surface area contributed by atoms with E-state index in [0.29, 0.717) is 0 Å². The molecule has 0 heterocycles.